The molecule has 0 fully saturated rings. The molecule has 0 radical (unpaired) electrons. The Hall–Kier alpha value is -1.39. The van der Waals surface area contributed by atoms with Crippen LogP contribution in [-0.2, 0) is 13.6 Å². The number of fused-ring (bicyclic) bond motifs is 1. The van der Waals surface area contributed by atoms with Gasteiger partial charge in [0.05, 0.1) is 11.0 Å². The molecule has 4 heteroatoms. The van der Waals surface area contributed by atoms with Crippen molar-refractivity contribution in [2.45, 2.75) is 26.3 Å². The average Bonchev–Trinajstić information content (AvgIpc) is 2.65. The molecular weight excluding hydrogens is 236 g/mol. The number of hydrogen-bond acceptors (Lipinski definition) is 3. The van der Waals surface area contributed by atoms with E-state index in [1.165, 1.54) is 11.1 Å². The van der Waals surface area contributed by atoms with Gasteiger partial charge in [-0.15, -0.1) is 0 Å². The molecule has 2 N–H and O–H groups in total. The topological polar surface area (TPSA) is 47.1 Å². The maximum absolute atomic E-state index is 5.52. The van der Waals surface area contributed by atoms with E-state index in [9.17, 15) is 0 Å². The zero-order chi connectivity index (χ0) is 13.8. The number of rotatable bonds is 6. The van der Waals surface area contributed by atoms with Crippen molar-refractivity contribution in [1.82, 2.24) is 14.5 Å². The summed E-state index contributed by atoms with van der Waals surface area (Å²) in [7, 11) is 4.22. The van der Waals surface area contributed by atoms with Crippen LogP contribution in [-0.4, -0.2) is 34.6 Å². The Morgan fingerprint density at radius 2 is 2.11 bits per heavy atom. The number of benzene rings is 1. The summed E-state index contributed by atoms with van der Waals surface area (Å²) in [5.74, 6) is 1.06. The molecule has 0 bridgehead atoms. The van der Waals surface area contributed by atoms with Gasteiger partial charge in [-0.2, -0.15) is 0 Å². The van der Waals surface area contributed by atoms with Gasteiger partial charge in [0.15, 0.2) is 0 Å². The molecule has 2 rings (SSSR count). The molecule has 1 aromatic heterocycles. The molecule has 0 saturated heterocycles. The summed E-state index contributed by atoms with van der Waals surface area (Å²) in [4.78, 5) is 6.92. The second-order valence-corrected chi connectivity index (χ2v) is 5.27. The number of imidazole rings is 1. The van der Waals surface area contributed by atoms with Crippen molar-refractivity contribution in [3.63, 3.8) is 0 Å². The predicted octanol–water partition coefficient (Wildman–Crippen LogP) is 2.05. The first kappa shape index (κ1) is 14.0. The van der Waals surface area contributed by atoms with E-state index in [0.717, 1.165) is 43.8 Å². The average molecular weight is 260 g/mol. The van der Waals surface area contributed by atoms with Gasteiger partial charge < -0.3 is 15.2 Å². The van der Waals surface area contributed by atoms with Crippen LogP contribution in [0.2, 0.25) is 0 Å². The lowest BCUT2D eigenvalue weighted by atomic mass is 10.2. The minimum atomic E-state index is 0.785. The summed E-state index contributed by atoms with van der Waals surface area (Å²) in [6.45, 7) is 4.89. The van der Waals surface area contributed by atoms with E-state index in [1.54, 1.807) is 0 Å². The molecule has 0 aliphatic carbocycles. The molecule has 0 spiro atoms. The number of nitrogens with zero attached hydrogens (tertiary/aromatic N) is 3. The van der Waals surface area contributed by atoms with Crippen molar-refractivity contribution in [2.75, 3.05) is 20.1 Å². The second kappa shape index (κ2) is 6.17. The third-order valence-electron chi connectivity index (χ3n) is 3.62. The maximum atomic E-state index is 5.52. The predicted molar refractivity (Wildman–Crippen MR) is 80.1 cm³/mol. The van der Waals surface area contributed by atoms with Crippen molar-refractivity contribution in [2.24, 2.45) is 12.8 Å². The zero-order valence-electron chi connectivity index (χ0n) is 12.2. The number of aryl methyl sites for hydroxylation is 2. The highest BCUT2D eigenvalue weighted by Gasteiger charge is 2.06. The first-order valence-electron chi connectivity index (χ1n) is 6.92. The van der Waals surface area contributed by atoms with Crippen molar-refractivity contribution < 1.29 is 0 Å². The van der Waals surface area contributed by atoms with Crippen LogP contribution in [0.5, 0.6) is 0 Å². The lowest BCUT2D eigenvalue weighted by molar-refractivity contribution is 0.319. The summed E-state index contributed by atoms with van der Waals surface area (Å²) in [5, 5.41) is 0. The fourth-order valence-electron chi connectivity index (χ4n) is 2.38. The monoisotopic (exact) mass is 260 g/mol. The van der Waals surface area contributed by atoms with Gasteiger partial charge >= 0.3 is 0 Å². The standard InChI is InChI=1S/C15H24N4/c1-12-17-14-10-13(6-7-15(14)19(12)3)11-18(2)9-5-4-8-16/h6-7,10H,4-5,8-9,11,16H2,1-3H3. The van der Waals surface area contributed by atoms with E-state index in [1.807, 2.05) is 6.92 Å². The summed E-state index contributed by atoms with van der Waals surface area (Å²) in [6, 6.07) is 6.56. The third kappa shape index (κ3) is 3.33. The first-order chi connectivity index (χ1) is 9.11. The van der Waals surface area contributed by atoms with Gasteiger partial charge in [0, 0.05) is 13.6 Å². The maximum Gasteiger partial charge on any atom is 0.106 e. The quantitative estimate of drug-likeness (QED) is 0.809. The normalized spacial score (nSPS) is 11.6. The van der Waals surface area contributed by atoms with Gasteiger partial charge in [0.25, 0.3) is 0 Å². The second-order valence-electron chi connectivity index (χ2n) is 5.27. The van der Waals surface area contributed by atoms with Gasteiger partial charge in [-0.25, -0.2) is 4.98 Å². The Morgan fingerprint density at radius 3 is 2.84 bits per heavy atom. The fraction of sp³-hybridized carbons (Fsp3) is 0.533. The summed E-state index contributed by atoms with van der Waals surface area (Å²) in [6.07, 6.45) is 2.26. The van der Waals surface area contributed by atoms with Crippen LogP contribution in [0.15, 0.2) is 18.2 Å². The lowest BCUT2D eigenvalue weighted by Gasteiger charge is -2.16. The van der Waals surface area contributed by atoms with Crippen molar-refractivity contribution in [3.8, 4) is 0 Å². The fourth-order valence-corrected chi connectivity index (χ4v) is 2.38. The molecule has 104 valence electrons. The van der Waals surface area contributed by atoms with E-state index in [-0.39, 0.29) is 0 Å². The molecule has 0 amide bonds. The van der Waals surface area contributed by atoms with Gasteiger partial charge in [0.1, 0.15) is 5.82 Å². The van der Waals surface area contributed by atoms with E-state index >= 15 is 0 Å². The Bertz CT molecular complexity index is 544. The Morgan fingerprint density at radius 1 is 1.32 bits per heavy atom. The molecule has 2 aromatic rings. The van der Waals surface area contributed by atoms with Gasteiger partial charge in [-0.05, 0) is 57.6 Å². The lowest BCUT2D eigenvalue weighted by Crippen LogP contribution is -2.19. The number of hydrogen-bond donors (Lipinski definition) is 1. The van der Waals surface area contributed by atoms with Crippen molar-refractivity contribution in [1.29, 1.82) is 0 Å². The van der Waals surface area contributed by atoms with Crippen LogP contribution in [0.25, 0.3) is 11.0 Å². The van der Waals surface area contributed by atoms with Crippen LogP contribution in [0.1, 0.15) is 24.2 Å². The first-order valence-corrected chi connectivity index (χ1v) is 6.92. The van der Waals surface area contributed by atoms with Gasteiger partial charge in [-0.1, -0.05) is 6.07 Å². The van der Waals surface area contributed by atoms with Crippen LogP contribution in [0.3, 0.4) is 0 Å². The summed E-state index contributed by atoms with van der Waals surface area (Å²) >= 11 is 0. The third-order valence-corrected chi connectivity index (χ3v) is 3.62. The molecule has 1 heterocycles. The summed E-state index contributed by atoms with van der Waals surface area (Å²) in [5.41, 5.74) is 9.13. The summed E-state index contributed by atoms with van der Waals surface area (Å²) < 4.78 is 2.13. The molecule has 19 heavy (non-hydrogen) atoms. The van der Waals surface area contributed by atoms with E-state index in [4.69, 9.17) is 5.73 Å². The number of unbranched alkanes of at least 4 members (excludes halogenated alkanes) is 1. The molecule has 0 saturated carbocycles. The van der Waals surface area contributed by atoms with Gasteiger partial charge in [-0.3, -0.25) is 0 Å². The van der Waals surface area contributed by atoms with Crippen LogP contribution >= 0.6 is 0 Å². The van der Waals surface area contributed by atoms with Crippen molar-refractivity contribution in [3.05, 3.63) is 29.6 Å². The SMILES string of the molecule is Cc1nc2cc(CN(C)CCCCN)ccc2n1C. The van der Waals surface area contributed by atoms with Crippen LogP contribution < -0.4 is 5.73 Å². The number of nitrogens with two attached hydrogens (primary N) is 1. The number of aromatic nitrogens is 2. The highest BCUT2D eigenvalue weighted by Crippen LogP contribution is 2.17. The molecule has 4 nitrogen and oxygen atoms in total. The molecule has 0 atom stereocenters. The molecule has 0 aliphatic heterocycles. The highest BCUT2D eigenvalue weighted by molar-refractivity contribution is 5.76. The highest BCUT2D eigenvalue weighted by atomic mass is 15.1. The van der Waals surface area contributed by atoms with E-state index in [0.29, 0.717) is 0 Å². The van der Waals surface area contributed by atoms with E-state index in [2.05, 4.69) is 46.7 Å². The Kier molecular flexibility index (Phi) is 4.56. The molecule has 0 aliphatic rings. The van der Waals surface area contributed by atoms with Crippen molar-refractivity contribution >= 4 is 11.0 Å². The molecule has 1 aromatic carbocycles. The van der Waals surface area contributed by atoms with Crippen LogP contribution in [0.4, 0.5) is 0 Å². The Balaban J connectivity index is 2.05. The minimum absolute atomic E-state index is 0.785. The minimum Gasteiger partial charge on any atom is -0.331 e. The van der Waals surface area contributed by atoms with Crippen LogP contribution in [0, 0.1) is 6.92 Å². The molecular formula is C15H24N4. The molecule has 0 unspecified atom stereocenters. The van der Waals surface area contributed by atoms with Gasteiger partial charge in [0.2, 0.25) is 0 Å². The Labute approximate surface area is 115 Å². The zero-order valence-corrected chi connectivity index (χ0v) is 12.2. The smallest absolute Gasteiger partial charge is 0.106 e. The van der Waals surface area contributed by atoms with E-state index < -0.39 is 0 Å². The largest absolute Gasteiger partial charge is 0.331 e.